The van der Waals surface area contributed by atoms with E-state index in [1.165, 1.54) is 36.7 Å². The van der Waals surface area contributed by atoms with Gasteiger partial charge in [-0.3, -0.25) is 0 Å². The van der Waals surface area contributed by atoms with Crippen LogP contribution >= 0.6 is 0 Å². The Morgan fingerprint density at radius 3 is 2.52 bits per heavy atom. The molecule has 0 amide bonds. The van der Waals surface area contributed by atoms with Gasteiger partial charge in [-0.05, 0) is 48.2 Å². The molecule has 0 unspecified atom stereocenters. The van der Waals surface area contributed by atoms with Crippen LogP contribution in [0.3, 0.4) is 0 Å². The minimum Gasteiger partial charge on any atom is -0.493 e. The van der Waals surface area contributed by atoms with Crippen molar-refractivity contribution in [1.82, 2.24) is 9.97 Å². The Kier molecular flexibility index (Phi) is 6.29. The highest BCUT2D eigenvalue weighted by Gasteiger charge is 2.33. The minimum atomic E-state index is -4.41. The van der Waals surface area contributed by atoms with Crippen molar-refractivity contribution < 1.29 is 26.3 Å². The Labute approximate surface area is 189 Å². The molecule has 1 aromatic heterocycles. The third-order valence-electron chi connectivity index (χ3n) is 5.49. The molecular weight excluding hydrogens is 455 g/mol. The van der Waals surface area contributed by atoms with Crippen molar-refractivity contribution in [2.24, 2.45) is 0 Å². The largest absolute Gasteiger partial charge is 0.493 e. The van der Waals surface area contributed by atoms with Crippen molar-refractivity contribution in [1.29, 1.82) is 0 Å². The lowest BCUT2D eigenvalue weighted by molar-refractivity contribution is -0.137. The van der Waals surface area contributed by atoms with Gasteiger partial charge in [0.25, 0.3) is 10.0 Å². The van der Waals surface area contributed by atoms with Crippen molar-refractivity contribution in [2.75, 3.05) is 11.3 Å². The molecule has 0 aliphatic carbocycles. The lowest BCUT2D eigenvalue weighted by Gasteiger charge is -2.28. The fourth-order valence-electron chi connectivity index (χ4n) is 4.00. The zero-order chi connectivity index (χ0) is 23.6. The Balaban J connectivity index is 1.69. The Bertz CT molecular complexity index is 1250. The van der Waals surface area contributed by atoms with Crippen LogP contribution in [0.5, 0.6) is 5.75 Å². The van der Waals surface area contributed by atoms with Gasteiger partial charge in [0.05, 0.1) is 17.1 Å². The molecule has 2 heterocycles. The summed E-state index contributed by atoms with van der Waals surface area (Å²) in [7, 11) is -3.95. The number of alkyl halides is 3. The molecule has 174 valence electrons. The quantitative estimate of drug-likeness (QED) is 0.530. The van der Waals surface area contributed by atoms with Gasteiger partial charge in [-0.15, -0.1) is 0 Å². The SMILES string of the molecule is CCCc1cc(C(F)(F)F)ccc1[C@H]1CCOc2cc(S(=O)(=O)Nc3ncccn3)ccc21. The molecular formula is C23H22F3N3O3S. The van der Waals surface area contributed by atoms with Crippen molar-refractivity contribution in [3.63, 3.8) is 0 Å². The lowest BCUT2D eigenvalue weighted by atomic mass is 9.82. The average molecular weight is 478 g/mol. The van der Waals surface area contributed by atoms with Gasteiger partial charge in [0.2, 0.25) is 5.95 Å². The number of halogens is 3. The zero-order valence-corrected chi connectivity index (χ0v) is 18.6. The number of aromatic nitrogens is 2. The van der Waals surface area contributed by atoms with Gasteiger partial charge < -0.3 is 4.74 Å². The lowest BCUT2D eigenvalue weighted by Crippen LogP contribution is -2.19. The van der Waals surface area contributed by atoms with Gasteiger partial charge in [0.15, 0.2) is 0 Å². The second kappa shape index (κ2) is 9.01. The first-order valence-electron chi connectivity index (χ1n) is 10.5. The van der Waals surface area contributed by atoms with Gasteiger partial charge >= 0.3 is 6.18 Å². The van der Waals surface area contributed by atoms with Crippen LogP contribution in [0.4, 0.5) is 19.1 Å². The average Bonchev–Trinajstić information content (AvgIpc) is 2.78. The molecule has 1 aliphatic heterocycles. The minimum absolute atomic E-state index is 0.0180. The van der Waals surface area contributed by atoms with Gasteiger partial charge in [-0.25, -0.2) is 23.1 Å². The topological polar surface area (TPSA) is 81.2 Å². The number of anilines is 1. The molecule has 4 rings (SSSR count). The summed E-state index contributed by atoms with van der Waals surface area (Å²) in [5.41, 5.74) is 1.52. The Hall–Kier alpha value is -3.14. The summed E-state index contributed by atoms with van der Waals surface area (Å²) in [6.45, 7) is 2.24. The third kappa shape index (κ3) is 4.95. The van der Waals surface area contributed by atoms with E-state index in [0.717, 1.165) is 17.2 Å². The van der Waals surface area contributed by atoms with Crippen LogP contribution in [0.2, 0.25) is 0 Å². The molecule has 1 atom stereocenters. The number of hydrogen-bond donors (Lipinski definition) is 1. The van der Waals surface area contributed by atoms with Gasteiger partial charge in [-0.1, -0.05) is 25.5 Å². The summed E-state index contributed by atoms with van der Waals surface area (Å²) in [5, 5.41) is 0. The number of sulfonamides is 1. The molecule has 6 nitrogen and oxygen atoms in total. The van der Waals surface area contributed by atoms with Crippen LogP contribution in [-0.2, 0) is 22.6 Å². The second-order valence-electron chi connectivity index (χ2n) is 7.73. The summed E-state index contributed by atoms with van der Waals surface area (Å²) < 4.78 is 73.3. The van der Waals surface area contributed by atoms with E-state index in [1.807, 2.05) is 6.92 Å². The summed E-state index contributed by atoms with van der Waals surface area (Å²) in [6, 6.07) is 9.97. The van der Waals surface area contributed by atoms with Crippen LogP contribution in [-0.4, -0.2) is 25.0 Å². The number of nitrogens with one attached hydrogen (secondary N) is 1. The zero-order valence-electron chi connectivity index (χ0n) is 17.8. The fourth-order valence-corrected chi connectivity index (χ4v) is 4.97. The highest BCUT2D eigenvalue weighted by molar-refractivity contribution is 7.92. The van der Waals surface area contributed by atoms with E-state index >= 15 is 0 Å². The van der Waals surface area contributed by atoms with Crippen molar-refractivity contribution >= 4 is 16.0 Å². The molecule has 0 saturated heterocycles. The number of fused-ring (bicyclic) bond motifs is 1. The number of ether oxygens (including phenoxy) is 1. The van der Waals surface area contributed by atoms with Gasteiger partial charge in [0, 0.05) is 29.9 Å². The molecule has 0 radical (unpaired) electrons. The molecule has 33 heavy (non-hydrogen) atoms. The Morgan fingerprint density at radius 2 is 1.82 bits per heavy atom. The summed E-state index contributed by atoms with van der Waals surface area (Å²) in [5.74, 6) is 0.146. The van der Waals surface area contributed by atoms with E-state index in [-0.39, 0.29) is 16.8 Å². The van der Waals surface area contributed by atoms with E-state index in [0.29, 0.717) is 37.2 Å². The van der Waals surface area contributed by atoms with Crippen molar-refractivity contribution in [3.8, 4) is 5.75 Å². The van der Waals surface area contributed by atoms with Gasteiger partial charge in [0.1, 0.15) is 5.75 Å². The smallest absolute Gasteiger partial charge is 0.416 e. The first-order valence-corrected chi connectivity index (χ1v) is 11.9. The molecule has 0 fully saturated rings. The van der Waals surface area contributed by atoms with E-state index in [2.05, 4.69) is 14.7 Å². The summed E-state index contributed by atoms with van der Waals surface area (Å²) in [6.07, 6.45) is 0.228. The molecule has 1 N–H and O–H groups in total. The normalized spacial score (nSPS) is 16.1. The van der Waals surface area contributed by atoms with Crippen LogP contribution in [0.1, 0.15) is 47.9 Å². The number of aryl methyl sites for hydroxylation is 1. The first-order chi connectivity index (χ1) is 15.7. The number of benzene rings is 2. The maximum Gasteiger partial charge on any atom is 0.416 e. The van der Waals surface area contributed by atoms with Crippen LogP contribution in [0.25, 0.3) is 0 Å². The standard InChI is InChI=1S/C23H22F3N3O3S/c1-2-4-15-13-16(23(24,25)26)5-7-18(15)19-9-12-32-21-14-17(6-8-20(19)21)33(30,31)29-22-27-10-3-11-28-22/h3,5-8,10-11,13-14,19H,2,4,9,12H2,1H3,(H,27,28,29)/t19-/m1/s1. The molecule has 1 aliphatic rings. The number of nitrogens with zero attached hydrogens (tertiary/aromatic N) is 2. The molecule has 10 heteroatoms. The van der Waals surface area contributed by atoms with Crippen LogP contribution in [0, 0.1) is 0 Å². The predicted octanol–water partition coefficient (Wildman–Crippen LogP) is 5.16. The van der Waals surface area contributed by atoms with E-state index in [1.54, 1.807) is 12.1 Å². The Morgan fingerprint density at radius 1 is 1.09 bits per heavy atom. The molecule has 0 saturated carbocycles. The monoisotopic (exact) mass is 477 g/mol. The first kappa shape index (κ1) is 23.0. The summed E-state index contributed by atoms with van der Waals surface area (Å²) >= 11 is 0. The van der Waals surface area contributed by atoms with Crippen LogP contribution < -0.4 is 9.46 Å². The predicted molar refractivity (Wildman–Crippen MR) is 117 cm³/mol. The fraction of sp³-hybridized carbons (Fsp3) is 0.304. The second-order valence-corrected chi connectivity index (χ2v) is 9.41. The molecule has 0 bridgehead atoms. The maximum absolute atomic E-state index is 13.2. The van der Waals surface area contributed by atoms with E-state index in [9.17, 15) is 21.6 Å². The van der Waals surface area contributed by atoms with Crippen molar-refractivity contribution in [2.45, 2.75) is 43.2 Å². The van der Waals surface area contributed by atoms with Gasteiger partial charge in [-0.2, -0.15) is 13.2 Å². The highest BCUT2D eigenvalue weighted by Crippen LogP contribution is 2.42. The van der Waals surface area contributed by atoms with E-state index < -0.39 is 21.8 Å². The number of rotatable bonds is 6. The maximum atomic E-state index is 13.2. The molecule has 2 aromatic carbocycles. The molecule has 3 aromatic rings. The highest BCUT2D eigenvalue weighted by atomic mass is 32.2. The van der Waals surface area contributed by atoms with Crippen molar-refractivity contribution in [3.05, 3.63) is 77.1 Å². The third-order valence-corrected chi connectivity index (χ3v) is 6.82. The molecule has 0 spiro atoms. The summed E-state index contributed by atoms with van der Waals surface area (Å²) in [4.78, 5) is 7.72. The van der Waals surface area contributed by atoms with Crippen LogP contribution in [0.15, 0.2) is 59.8 Å². The number of hydrogen-bond acceptors (Lipinski definition) is 5. The van der Waals surface area contributed by atoms with E-state index in [4.69, 9.17) is 4.74 Å².